The summed E-state index contributed by atoms with van der Waals surface area (Å²) in [6, 6.07) is 17.5. The van der Waals surface area contributed by atoms with E-state index < -0.39 is 5.91 Å². The molecule has 0 aliphatic carbocycles. The Morgan fingerprint density at radius 1 is 1.03 bits per heavy atom. The fraction of sp³-hybridized carbons (Fsp3) is 0.0435. The van der Waals surface area contributed by atoms with E-state index in [1.807, 2.05) is 24.3 Å². The number of ether oxygens (including phenoxy) is 1. The molecule has 32 heavy (non-hydrogen) atoms. The maximum Gasteiger partial charge on any atom is 0.266 e. The lowest BCUT2D eigenvalue weighted by Crippen LogP contribution is -2.13. The molecule has 0 spiro atoms. The van der Waals surface area contributed by atoms with Crippen molar-refractivity contribution in [2.45, 2.75) is 6.61 Å². The first-order valence-electron chi connectivity index (χ1n) is 9.02. The molecule has 0 aliphatic rings. The van der Waals surface area contributed by atoms with E-state index in [2.05, 4.69) is 37.2 Å². The van der Waals surface area contributed by atoms with Gasteiger partial charge in [-0.15, -0.1) is 0 Å². The summed E-state index contributed by atoms with van der Waals surface area (Å²) in [4.78, 5) is 12.6. The summed E-state index contributed by atoms with van der Waals surface area (Å²) in [5, 5.41) is 13.4. The number of hydrogen-bond donors (Lipinski definition) is 1. The third-order valence-corrected chi connectivity index (χ3v) is 6.31. The second-order valence-corrected chi connectivity index (χ2v) is 9.40. The molecule has 0 saturated heterocycles. The zero-order valence-electron chi connectivity index (χ0n) is 16.1. The first-order chi connectivity index (χ1) is 15.3. The van der Waals surface area contributed by atoms with Crippen LogP contribution in [-0.2, 0) is 11.4 Å². The molecular formula is C23H13Br2Cl3N2O2. The Labute approximate surface area is 217 Å². The first-order valence-corrected chi connectivity index (χ1v) is 11.7. The van der Waals surface area contributed by atoms with Crippen molar-refractivity contribution in [3.8, 4) is 11.8 Å². The van der Waals surface area contributed by atoms with Crippen molar-refractivity contribution in [1.29, 1.82) is 5.26 Å². The molecule has 0 radical (unpaired) electrons. The molecular weight excluding hydrogens is 602 g/mol. The predicted octanol–water partition coefficient (Wildman–Crippen LogP) is 8.30. The van der Waals surface area contributed by atoms with Gasteiger partial charge in [-0.1, -0.05) is 53.0 Å². The Bertz CT molecular complexity index is 1230. The summed E-state index contributed by atoms with van der Waals surface area (Å²) in [5.74, 6) is -0.0429. The molecule has 1 N–H and O–H groups in total. The Kier molecular flexibility index (Phi) is 8.64. The van der Waals surface area contributed by atoms with Gasteiger partial charge in [0.2, 0.25) is 0 Å². The molecule has 0 aromatic heterocycles. The lowest BCUT2D eigenvalue weighted by molar-refractivity contribution is -0.112. The summed E-state index contributed by atoms with van der Waals surface area (Å²) in [5.41, 5.74) is 1.67. The van der Waals surface area contributed by atoms with E-state index in [0.717, 1.165) is 5.56 Å². The van der Waals surface area contributed by atoms with Crippen molar-refractivity contribution in [3.63, 3.8) is 0 Å². The molecule has 3 rings (SSSR count). The number of anilines is 1. The molecule has 0 unspecified atom stereocenters. The quantitative estimate of drug-likeness (QED) is 0.224. The average Bonchev–Trinajstić information content (AvgIpc) is 2.75. The third-order valence-electron chi connectivity index (χ3n) is 4.20. The molecule has 3 aromatic carbocycles. The van der Waals surface area contributed by atoms with Gasteiger partial charge in [-0.05, 0) is 79.9 Å². The van der Waals surface area contributed by atoms with E-state index in [1.165, 1.54) is 12.1 Å². The number of halogens is 5. The molecule has 1 amide bonds. The van der Waals surface area contributed by atoms with Gasteiger partial charge in [0.05, 0.1) is 19.7 Å². The fourth-order valence-corrected chi connectivity index (χ4v) is 4.64. The van der Waals surface area contributed by atoms with Crippen molar-refractivity contribution in [3.05, 3.63) is 95.3 Å². The maximum atomic E-state index is 12.6. The van der Waals surface area contributed by atoms with E-state index in [-0.39, 0.29) is 12.2 Å². The molecule has 9 heteroatoms. The third kappa shape index (κ3) is 6.28. The standard InChI is InChI=1S/C23H13Br2Cl3N2O2/c24-17-8-13(9-18(25)22(17)32-12-14-3-1-2-4-19(14)27)7-15(11-29)23(31)30-21-10-16(26)5-6-20(21)28/h1-10H,12H2,(H,30,31)/b15-7+. The molecule has 0 aliphatic heterocycles. The van der Waals surface area contributed by atoms with Gasteiger partial charge in [-0.2, -0.15) is 5.26 Å². The Hall–Kier alpha value is -2.01. The number of rotatable bonds is 6. The minimum absolute atomic E-state index is 0.107. The van der Waals surface area contributed by atoms with Crippen molar-refractivity contribution in [2.24, 2.45) is 0 Å². The smallest absolute Gasteiger partial charge is 0.266 e. The van der Waals surface area contributed by atoms with Gasteiger partial charge in [0, 0.05) is 15.6 Å². The largest absolute Gasteiger partial charge is 0.486 e. The summed E-state index contributed by atoms with van der Waals surface area (Å²) in [6.07, 6.45) is 1.46. The molecule has 0 heterocycles. The van der Waals surface area contributed by atoms with Crippen LogP contribution in [0.15, 0.2) is 69.1 Å². The highest BCUT2D eigenvalue weighted by molar-refractivity contribution is 9.11. The van der Waals surface area contributed by atoms with Crippen LogP contribution in [-0.4, -0.2) is 5.91 Å². The van der Waals surface area contributed by atoms with Gasteiger partial charge in [0.25, 0.3) is 5.91 Å². The number of carbonyl (C=O) groups is 1. The van der Waals surface area contributed by atoms with E-state index in [0.29, 0.717) is 41.0 Å². The molecule has 162 valence electrons. The van der Waals surface area contributed by atoms with Crippen LogP contribution in [0.2, 0.25) is 15.1 Å². The van der Waals surface area contributed by atoms with Crippen molar-refractivity contribution < 1.29 is 9.53 Å². The van der Waals surface area contributed by atoms with Crippen molar-refractivity contribution in [1.82, 2.24) is 0 Å². The Morgan fingerprint density at radius 3 is 2.38 bits per heavy atom. The van der Waals surface area contributed by atoms with Gasteiger partial charge >= 0.3 is 0 Å². The van der Waals surface area contributed by atoms with Crippen LogP contribution in [0.25, 0.3) is 6.08 Å². The van der Waals surface area contributed by atoms with Crippen LogP contribution < -0.4 is 10.1 Å². The molecule has 0 bridgehead atoms. The highest BCUT2D eigenvalue weighted by Crippen LogP contribution is 2.36. The second-order valence-electron chi connectivity index (χ2n) is 6.44. The number of hydrogen-bond acceptors (Lipinski definition) is 3. The molecule has 3 aromatic rings. The minimum Gasteiger partial charge on any atom is -0.486 e. The minimum atomic E-state index is -0.608. The summed E-state index contributed by atoms with van der Waals surface area (Å²) >= 11 is 25.2. The van der Waals surface area contributed by atoms with E-state index in [4.69, 9.17) is 39.5 Å². The number of nitrogens with zero attached hydrogens (tertiary/aromatic N) is 1. The summed E-state index contributed by atoms with van der Waals surface area (Å²) < 4.78 is 7.18. The predicted molar refractivity (Wildman–Crippen MR) is 136 cm³/mol. The Balaban J connectivity index is 1.80. The van der Waals surface area contributed by atoms with Crippen LogP contribution in [0, 0.1) is 11.3 Å². The van der Waals surface area contributed by atoms with Gasteiger partial charge < -0.3 is 10.1 Å². The highest BCUT2D eigenvalue weighted by Gasteiger charge is 2.14. The number of amides is 1. The average molecular weight is 616 g/mol. The van der Waals surface area contributed by atoms with E-state index in [1.54, 1.807) is 30.3 Å². The molecule has 4 nitrogen and oxygen atoms in total. The van der Waals surface area contributed by atoms with E-state index >= 15 is 0 Å². The summed E-state index contributed by atoms with van der Waals surface area (Å²) in [7, 11) is 0. The van der Waals surface area contributed by atoms with Crippen molar-refractivity contribution >= 4 is 84.3 Å². The van der Waals surface area contributed by atoms with Crippen LogP contribution in [0.4, 0.5) is 5.69 Å². The normalized spacial score (nSPS) is 11.1. The van der Waals surface area contributed by atoms with Gasteiger partial charge in [-0.25, -0.2) is 0 Å². The van der Waals surface area contributed by atoms with Gasteiger partial charge in [-0.3, -0.25) is 4.79 Å². The highest BCUT2D eigenvalue weighted by atomic mass is 79.9. The van der Waals surface area contributed by atoms with Crippen LogP contribution >= 0.6 is 66.7 Å². The number of carbonyl (C=O) groups excluding carboxylic acids is 1. The number of nitrogens with one attached hydrogen (secondary N) is 1. The summed E-state index contributed by atoms with van der Waals surface area (Å²) in [6.45, 7) is 0.276. The number of benzene rings is 3. The van der Waals surface area contributed by atoms with Gasteiger partial charge in [0.1, 0.15) is 24.0 Å². The van der Waals surface area contributed by atoms with Gasteiger partial charge in [0.15, 0.2) is 0 Å². The van der Waals surface area contributed by atoms with E-state index in [9.17, 15) is 10.1 Å². The topological polar surface area (TPSA) is 62.1 Å². The van der Waals surface area contributed by atoms with Crippen LogP contribution in [0.1, 0.15) is 11.1 Å². The Morgan fingerprint density at radius 2 is 1.72 bits per heavy atom. The fourth-order valence-electron chi connectivity index (χ4n) is 2.66. The molecule has 0 atom stereocenters. The van der Waals surface area contributed by atoms with Crippen molar-refractivity contribution in [2.75, 3.05) is 5.32 Å². The first kappa shape index (κ1) is 24.6. The molecule has 0 fully saturated rings. The number of nitriles is 1. The maximum absolute atomic E-state index is 12.6. The zero-order valence-corrected chi connectivity index (χ0v) is 21.6. The second kappa shape index (κ2) is 11.2. The molecule has 0 saturated carbocycles. The zero-order chi connectivity index (χ0) is 23.3. The van der Waals surface area contributed by atoms with Crippen LogP contribution in [0.3, 0.4) is 0 Å². The lowest BCUT2D eigenvalue weighted by Gasteiger charge is -2.12. The van der Waals surface area contributed by atoms with Crippen LogP contribution in [0.5, 0.6) is 5.75 Å². The monoisotopic (exact) mass is 612 g/mol. The lowest BCUT2D eigenvalue weighted by atomic mass is 10.1. The SMILES string of the molecule is N#C/C(=C\c1cc(Br)c(OCc2ccccc2Cl)c(Br)c1)C(=O)Nc1cc(Cl)ccc1Cl.